The molecule has 0 amide bonds. The van der Waals surface area contributed by atoms with Crippen LogP contribution in [0, 0.1) is 5.92 Å². The van der Waals surface area contributed by atoms with E-state index in [1.54, 1.807) is 19.2 Å². The average Bonchev–Trinajstić information content (AvgIpc) is 2.47. The van der Waals surface area contributed by atoms with Gasteiger partial charge in [-0.2, -0.15) is 0 Å². The number of rotatable bonds is 7. The molecular weight excluding hydrogens is 300 g/mol. The molecule has 0 bridgehead atoms. The van der Waals surface area contributed by atoms with Crippen molar-refractivity contribution in [1.29, 1.82) is 0 Å². The molecule has 0 saturated carbocycles. The largest absolute Gasteiger partial charge is 0.495 e. The Balaban J connectivity index is 2.08. The summed E-state index contributed by atoms with van der Waals surface area (Å²) in [5, 5.41) is 7.13. The molecule has 1 aromatic heterocycles. The van der Waals surface area contributed by atoms with E-state index >= 15 is 0 Å². The summed E-state index contributed by atoms with van der Waals surface area (Å²) in [7, 11) is 1.62. The van der Waals surface area contributed by atoms with E-state index in [4.69, 9.17) is 16.3 Å². The van der Waals surface area contributed by atoms with Crippen LogP contribution in [0.2, 0.25) is 5.02 Å². The molecular formula is C16H21ClN4O. The van der Waals surface area contributed by atoms with E-state index in [2.05, 4.69) is 34.4 Å². The highest BCUT2D eigenvalue weighted by molar-refractivity contribution is 6.31. The number of halogens is 1. The van der Waals surface area contributed by atoms with Crippen LogP contribution in [0.5, 0.6) is 5.75 Å². The van der Waals surface area contributed by atoms with E-state index in [9.17, 15) is 0 Å². The molecule has 1 aromatic carbocycles. The maximum absolute atomic E-state index is 6.03. The van der Waals surface area contributed by atoms with Crippen LogP contribution in [0.3, 0.4) is 0 Å². The standard InChI is InChI=1S/C16H21ClN4O/c1-11(2)6-7-18-15-9-16(20-10-19-15)21-13-8-12(17)4-5-14(13)22-3/h4-5,8-11H,6-7H2,1-3H3,(H2,18,19,20,21). The van der Waals surface area contributed by atoms with E-state index in [1.165, 1.54) is 6.33 Å². The van der Waals surface area contributed by atoms with Gasteiger partial charge < -0.3 is 15.4 Å². The number of anilines is 3. The van der Waals surface area contributed by atoms with Crippen LogP contribution in [0.4, 0.5) is 17.3 Å². The average molecular weight is 321 g/mol. The monoisotopic (exact) mass is 320 g/mol. The number of hydrogen-bond acceptors (Lipinski definition) is 5. The molecule has 2 rings (SSSR count). The zero-order valence-electron chi connectivity index (χ0n) is 13.1. The number of methoxy groups -OCH3 is 1. The predicted octanol–water partition coefficient (Wildman–Crippen LogP) is 4.34. The van der Waals surface area contributed by atoms with Crippen LogP contribution < -0.4 is 15.4 Å². The second kappa shape index (κ2) is 7.84. The highest BCUT2D eigenvalue weighted by Gasteiger charge is 2.06. The highest BCUT2D eigenvalue weighted by Crippen LogP contribution is 2.30. The fourth-order valence-corrected chi connectivity index (χ4v) is 2.10. The quantitative estimate of drug-likeness (QED) is 0.794. The molecule has 6 heteroatoms. The first-order valence-corrected chi connectivity index (χ1v) is 7.62. The smallest absolute Gasteiger partial charge is 0.142 e. The Hall–Kier alpha value is -2.01. The van der Waals surface area contributed by atoms with Gasteiger partial charge in [0.05, 0.1) is 12.8 Å². The fourth-order valence-electron chi connectivity index (χ4n) is 1.93. The maximum atomic E-state index is 6.03. The van der Waals surface area contributed by atoms with Gasteiger partial charge in [-0.05, 0) is 30.5 Å². The molecule has 0 spiro atoms. The van der Waals surface area contributed by atoms with Crippen LogP contribution in [-0.4, -0.2) is 23.6 Å². The normalized spacial score (nSPS) is 10.6. The van der Waals surface area contributed by atoms with Gasteiger partial charge in [0.25, 0.3) is 0 Å². The van der Waals surface area contributed by atoms with Gasteiger partial charge in [0.15, 0.2) is 0 Å². The molecule has 1 heterocycles. The van der Waals surface area contributed by atoms with Crippen molar-refractivity contribution in [3.8, 4) is 5.75 Å². The summed E-state index contributed by atoms with van der Waals surface area (Å²) in [5.74, 6) is 2.83. The highest BCUT2D eigenvalue weighted by atomic mass is 35.5. The van der Waals surface area contributed by atoms with Gasteiger partial charge in [0.1, 0.15) is 23.7 Å². The van der Waals surface area contributed by atoms with E-state index in [0.717, 1.165) is 24.5 Å². The molecule has 0 saturated heterocycles. The summed E-state index contributed by atoms with van der Waals surface area (Å²) in [6.07, 6.45) is 2.62. The number of ether oxygens (including phenoxy) is 1. The minimum absolute atomic E-state index is 0.632. The lowest BCUT2D eigenvalue weighted by Crippen LogP contribution is -2.07. The third-order valence-corrected chi connectivity index (χ3v) is 3.35. The van der Waals surface area contributed by atoms with Gasteiger partial charge in [-0.25, -0.2) is 9.97 Å². The van der Waals surface area contributed by atoms with Gasteiger partial charge in [-0.3, -0.25) is 0 Å². The first-order chi connectivity index (χ1) is 10.6. The summed E-state index contributed by atoms with van der Waals surface area (Å²) in [6.45, 7) is 5.27. The van der Waals surface area contributed by atoms with Gasteiger partial charge in [0, 0.05) is 17.6 Å². The van der Waals surface area contributed by atoms with E-state index in [1.807, 2.05) is 12.1 Å². The van der Waals surface area contributed by atoms with Crippen molar-refractivity contribution in [3.05, 3.63) is 35.6 Å². The Bertz CT molecular complexity index is 619. The Kier molecular flexibility index (Phi) is 5.83. The molecule has 0 unspecified atom stereocenters. The molecule has 0 fully saturated rings. The van der Waals surface area contributed by atoms with Crippen LogP contribution >= 0.6 is 11.6 Å². The molecule has 0 aliphatic rings. The Labute approximate surface area is 136 Å². The minimum atomic E-state index is 0.632. The second-order valence-electron chi connectivity index (χ2n) is 5.37. The summed E-state index contributed by atoms with van der Waals surface area (Å²) >= 11 is 6.03. The van der Waals surface area contributed by atoms with Crippen molar-refractivity contribution in [2.24, 2.45) is 5.92 Å². The van der Waals surface area contributed by atoms with Crippen LogP contribution in [0.25, 0.3) is 0 Å². The van der Waals surface area contributed by atoms with Crippen LogP contribution in [0.1, 0.15) is 20.3 Å². The molecule has 118 valence electrons. The zero-order chi connectivity index (χ0) is 15.9. The first-order valence-electron chi connectivity index (χ1n) is 7.25. The number of hydrogen-bond donors (Lipinski definition) is 2. The molecule has 2 N–H and O–H groups in total. The van der Waals surface area contributed by atoms with Gasteiger partial charge >= 0.3 is 0 Å². The summed E-state index contributed by atoms with van der Waals surface area (Å²) in [4.78, 5) is 8.44. The van der Waals surface area contributed by atoms with Crippen molar-refractivity contribution in [2.45, 2.75) is 20.3 Å². The van der Waals surface area contributed by atoms with Crippen molar-refractivity contribution in [2.75, 3.05) is 24.3 Å². The van der Waals surface area contributed by atoms with Crippen molar-refractivity contribution in [1.82, 2.24) is 9.97 Å². The van der Waals surface area contributed by atoms with E-state index in [0.29, 0.717) is 22.5 Å². The summed E-state index contributed by atoms with van der Waals surface area (Å²) < 4.78 is 5.31. The maximum Gasteiger partial charge on any atom is 0.142 e. The number of nitrogens with one attached hydrogen (secondary N) is 2. The van der Waals surface area contributed by atoms with Gasteiger partial charge in [0.2, 0.25) is 0 Å². The summed E-state index contributed by atoms with van der Waals surface area (Å²) in [6, 6.07) is 7.26. The fraction of sp³-hybridized carbons (Fsp3) is 0.375. The lowest BCUT2D eigenvalue weighted by molar-refractivity contribution is 0.417. The minimum Gasteiger partial charge on any atom is -0.495 e. The molecule has 5 nitrogen and oxygen atoms in total. The van der Waals surface area contributed by atoms with Gasteiger partial charge in [-0.1, -0.05) is 25.4 Å². The van der Waals surface area contributed by atoms with Gasteiger partial charge in [-0.15, -0.1) is 0 Å². The SMILES string of the molecule is COc1ccc(Cl)cc1Nc1cc(NCCC(C)C)ncn1. The molecule has 0 aliphatic carbocycles. The number of nitrogens with zero attached hydrogens (tertiary/aromatic N) is 2. The Morgan fingerprint density at radius 1 is 1.18 bits per heavy atom. The van der Waals surface area contributed by atoms with Crippen molar-refractivity contribution < 1.29 is 4.74 Å². The van der Waals surface area contributed by atoms with E-state index in [-0.39, 0.29) is 0 Å². The van der Waals surface area contributed by atoms with Crippen molar-refractivity contribution >= 4 is 28.9 Å². The summed E-state index contributed by atoms with van der Waals surface area (Å²) in [5.41, 5.74) is 0.766. The van der Waals surface area contributed by atoms with Crippen LogP contribution in [0.15, 0.2) is 30.6 Å². The molecule has 0 atom stereocenters. The van der Waals surface area contributed by atoms with Crippen LogP contribution in [-0.2, 0) is 0 Å². The predicted molar refractivity (Wildman–Crippen MR) is 91.3 cm³/mol. The third kappa shape index (κ3) is 4.77. The first kappa shape index (κ1) is 16.4. The topological polar surface area (TPSA) is 59.1 Å². The zero-order valence-corrected chi connectivity index (χ0v) is 13.8. The molecule has 22 heavy (non-hydrogen) atoms. The molecule has 2 aromatic rings. The molecule has 0 aliphatic heterocycles. The third-order valence-electron chi connectivity index (χ3n) is 3.12. The lowest BCUT2D eigenvalue weighted by Gasteiger charge is -2.12. The van der Waals surface area contributed by atoms with E-state index < -0.39 is 0 Å². The van der Waals surface area contributed by atoms with Crippen molar-refractivity contribution in [3.63, 3.8) is 0 Å². The lowest BCUT2D eigenvalue weighted by atomic mass is 10.1. The molecule has 0 radical (unpaired) electrons. The Morgan fingerprint density at radius 2 is 1.95 bits per heavy atom. The number of aromatic nitrogens is 2. The second-order valence-corrected chi connectivity index (χ2v) is 5.80. The Morgan fingerprint density at radius 3 is 2.68 bits per heavy atom. The number of benzene rings is 1.